The zero-order valence-corrected chi connectivity index (χ0v) is 11.1. The van der Waals surface area contributed by atoms with Gasteiger partial charge in [-0.05, 0) is 33.9 Å². The Morgan fingerprint density at radius 1 is 1.47 bits per heavy atom. The van der Waals surface area contributed by atoms with E-state index in [1.54, 1.807) is 6.92 Å². The summed E-state index contributed by atoms with van der Waals surface area (Å²) in [5, 5.41) is 16.0. The van der Waals surface area contributed by atoms with Crippen molar-refractivity contribution in [3.05, 3.63) is 0 Å². The van der Waals surface area contributed by atoms with Crippen LogP contribution in [0, 0.1) is 0 Å². The van der Waals surface area contributed by atoms with Crippen molar-refractivity contribution in [2.45, 2.75) is 37.8 Å². The topological polar surface area (TPSA) is 64.6 Å². The predicted octanol–water partition coefficient (Wildman–Crippen LogP) is -0.443. The van der Waals surface area contributed by atoms with E-state index in [0.717, 1.165) is 6.54 Å². The Kier molecular flexibility index (Phi) is 5.36. The minimum absolute atomic E-state index is 0.00261. The predicted molar refractivity (Wildman–Crippen MR) is 67.8 cm³/mol. The fourth-order valence-electron chi connectivity index (χ4n) is 1.79. The molecule has 1 saturated carbocycles. The number of carbonyl (C=O) groups is 1. The Morgan fingerprint density at radius 2 is 2.12 bits per heavy atom. The van der Waals surface area contributed by atoms with E-state index in [2.05, 4.69) is 10.6 Å². The summed E-state index contributed by atoms with van der Waals surface area (Å²) >= 11 is 0. The molecule has 0 radical (unpaired) electrons. The smallest absolute Gasteiger partial charge is 0.221 e. The minimum atomic E-state index is -0.872. The van der Waals surface area contributed by atoms with Gasteiger partial charge in [-0.2, -0.15) is 0 Å². The van der Waals surface area contributed by atoms with E-state index >= 15 is 0 Å². The molecule has 5 nitrogen and oxygen atoms in total. The van der Waals surface area contributed by atoms with Crippen LogP contribution in [-0.2, 0) is 4.79 Å². The minimum Gasteiger partial charge on any atom is -0.387 e. The number of rotatable bonds is 8. The molecule has 0 aromatic heterocycles. The highest BCUT2D eigenvalue weighted by Crippen LogP contribution is 2.18. The molecule has 0 aromatic carbocycles. The molecule has 3 N–H and O–H groups in total. The summed E-state index contributed by atoms with van der Waals surface area (Å²) in [6.45, 7) is 3.29. The lowest BCUT2D eigenvalue weighted by atomic mass is 10.1. The highest BCUT2D eigenvalue weighted by Gasteiger charge is 2.22. The first-order valence-electron chi connectivity index (χ1n) is 6.26. The van der Waals surface area contributed by atoms with Gasteiger partial charge in [-0.15, -0.1) is 0 Å². The van der Waals surface area contributed by atoms with Crippen molar-refractivity contribution in [3.8, 4) is 0 Å². The molecule has 0 bridgehead atoms. The van der Waals surface area contributed by atoms with Crippen molar-refractivity contribution < 1.29 is 9.90 Å². The maximum Gasteiger partial charge on any atom is 0.221 e. The van der Waals surface area contributed by atoms with Crippen molar-refractivity contribution in [3.63, 3.8) is 0 Å². The van der Waals surface area contributed by atoms with Gasteiger partial charge in [-0.1, -0.05) is 0 Å². The number of hydrogen-bond donors (Lipinski definition) is 3. The molecule has 1 rings (SSSR count). The van der Waals surface area contributed by atoms with Gasteiger partial charge in [0.15, 0.2) is 0 Å². The Labute approximate surface area is 104 Å². The first-order valence-corrected chi connectivity index (χ1v) is 6.26. The first-order chi connectivity index (χ1) is 7.89. The lowest BCUT2D eigenvalue weighted by Crippen LogP contribution is -2.47. The third kappa shape index (κ3) is 7.31. The van der Waals surface area contributed by atoms with Crippen LogP contribution in [0.15, 0.2) is 0 Å². The number of hydrogen-bond acceptors (Lipinski definition) is 4. The molecular formula is C12H25N3O2. The summed E-state index contributed by atoms with van der Waals surface area (Å²) in [5.41, 5.74) is -0.872. The lowest BCUT2D eigenvalue weighted by molar-refractivity contribution is -0.122. The molecule has 0 aromatic rings. The SMILES string of the molecule is CN(C)CC(C)(O)CNC(=O)CCNC1CC1. The summed E-state index contributed by atoms with van der Waals surface area (Å²) in [5.74, 6) is -0.00261. The van der Waals surface area contributed by atoms with Gasteiger partial charge in [0.05, 0.1) is 5.60 Å². The summed E-state index contributed by atoms with van der Waals surface area (Å²) in [6, 6.07) is 0.639. The van der Waals surface area contributed by atoms with Gasteiger partial charge in [-0.25, -0.2) is 0 Å². The van der Waals surface area contributed by atoms with Crippen molar-refractivity contribution in [1.82, 2.24) is 15.5 Å². The fourth-order valence-corrected chi connectivity index (χ4v) is 1.79. The standard InChI is InChI=1S/C12H25N3O2/c1-12(17,9-15(2)3)8-14-11(16)6-7-13-10-4-5-10/h10,13,17H,4-9H2,1-3H3,(H,14,16). The summed E-state index contributed by atoms with van der Waals surface area (Å²) in [4.78, 5) is 13.4. The van der Waals surface area contributed by atoms with Gasteiger partial charge in [0.1, 0.15) is 0 Å². The zero-order valence-electron chi connectivity index (χ0n) is 11.1. The quantitative estimate of drug-likeness (QED) is 0.541. The van der Waals surface area contributed by atoms with Crippen LogP contribution in [0.25, 0.3) is 0 Å². The molecule has 0 saturated heterocycles. The average Bonchev–Trinajstić information content (AvgIpc) is 2.97. The van der Waals surface area contributed by atoms with Gasteiger partial charge in [-0.3, -0.25) is 4.79 Å². The van der Waals surface area contributed by atoms with E-state index in [9.17, 15) is 9.90 Å². The van der Waals surface area contributed by atoms with Crippen LogP contribution in [-0.4, -0.2) is 61.3 Å². The van der Waals surface area contributed by atoms with Gasteiger partial charge in [0.2, 0.25) is 5.91 Å². The molecule has 0 spiro atoms. The number of aliphatic hydroxyl groups is 1. The second kappa shape index (κ2) is 6.33. The van der Waals surface area contributed by atoms with E-state index in [0.29, 0.717) is 25.6 Å². The molecule has 1 atom stereocenters. The average molecular weight is 243 g/mol. The lowest BCUT2D eigenvalue weighted by Gasteiger charge is -2.27. The van der Waals surface area contributed by atoms with Crippen molar-refractivity contribution >= 4 is 5.91 Å². The van der Waals surface area contributed by atoms with Gasteiger partial charge in [0.25, 0.3) is 0 Å². The number of nitrogens with one attached hydrogen (secondary N) is 2. The summed E-state index contributed by atoms with van der Waals surface area (Å²) < 4.78 is 0. The second-order valence-corrected chi connectivity index (χ2v) is 5.49. The highest BCUT2D eigenvalue weighted by molar-refractivity contribution is 5.76. The van der Waals surface area contributed by atoms with E-state index in [1.165, 1.54) is 12.8 Å². The van der Waals surface area contributed by atoms with Crippen LogP contribution in [0.3, 0.4) is 0 Å². The van der Waals surface area contributed by atoms with Crippen LogP contribution >= 0.6 is 0 Å². The molecule has 1 unspecified atom stereocenters. The monoisotopic (exact) mass is 243 g/mol. The first kappa shape index (κ1) is 14.4. The molecule has 1 aliphatic carbocycles. The van der Waals surface area contributed by atoms with Crippen molar-refractivity contribution in [2.24, 2.45) is 0 Å². The van der Waals surface area contributed by atoms with Crippen molar-refractivity contribution in [1.29, 1.82) is 0 Å². The van der Waals surface area contributed by atoms with E-state index in [1.807, 2.05) is 19.0 Å². The van der Waals surface area contributed by atoms with Gasteiger partial charge < -0.3 is 20.6 Å². The molecule has 17 heavy (non-hydrogen) atoms. The highest BCUT2D eigenvalue weighted by atomic mass is 16.3. The number of amides is 1. The molecule has 1 aliphatic rings. The summed E-state index contributed by atoms with van der Waals surface area (Å²) in [7, 11) is 3.80. The number of likely N-dealkylation sites (N-methyl/N-ethyl adjacent to an activating group) is 1. The third-order valence-electron chi connectivity index (χ3n) is 2.69. The molecule has 0 aliphatic heterocycles. The van der Waals surface area contributed by atoms with Crippen LogP contribution in [0.2, 0.25) is 0 Å². The van der Waals surface area contributed by atoms with Crippen LogP contribution in [0.5, 0.6) is 0 Å². The van der Waals surface area contributed by atoms with Crippen LogP contribution < -0.4 is 10.6 Å². The van der Waals surface area contributed by atoms with E-state index in [-0.39, 0.29) is 5.91 Å². The maximum atomic E-state index is 11.5. The molecular weight excluding hydrogens is 218 g/mol. The van der Waals surface area contributed by atoms with Gasteiger partial charge in [0, 0.05) is 32.1 Å². The molecule has 1 amide bonds. The Bertz CT molecular complexity index is 250. The van der Waals surface area contributed by atoms with Gasteiger partial charge >= 0.3 is 0 Å². The van der Waals surface area contributed by atoms with E-state index < -0.39 is 5.60 Å². The molecule has 100 valence electrons. The van der Waals surface area contributed by atoms with Crippen molar-refractivity contribution in [2.75, 3.05) is 33.7 Å². The summed E-state index contributed by atoms with van der Waals surface area (Å²) in [6.07, 6.45) is 2.95. The molecule has 0 heterocycles. The normalized spacial score (nSPS) is 19.1. The largest absolute Gasteiger partial charge is 0.387 e. The van der Waals surface area contributed by atoms with Crippen LogP contribution in [0.1, 0.15) is 26.2 Å². The third-order valence-corrected chi connectivity index (χ3v) is 2.69. The van der Waals surface area contributed by atoms with Crippen LogP contribution in [0.4, 0.5) is 0 Å². The Balaban J connectivity index is 2.08. The zero-order chi connectivity index (χ0) is 12.9. The number of carbonyl (C=O) groups excluding carboxylic acids is 1. The number of nitrogens with zero attached hydrogens (tertiary/aromatic N) is 1. The molecule has 1 fully saturated rings. The molecule has 5 heteroatoms. The maximum absolute atomic E-state index is 11.5. The second-order valence-electron chi connectivity index (χ2n) is 5.49. The Morgan fingerprint density at radius 3 is 2.65 bits per heavy atom. The Hall–Kier alpha value is -0.650. The fraction of sp³-hybridized carbons (Fsp3) is 0.917. The van der Waals surface area contributed by atoms with E-state index in [4.69, 9.17) is 0 Å².